The van der Waals surface area contributed by atoms with Crippen molar-refractivity contribution in [1.82, 2.24) is 10.0 Å². The molecule has 2 aliphatic rings. The summed E-state index contributed by atoms with van der Waals surface area (Å²) in [5.41, 5.74) is 2.67. The van der Waals surface area contributed by atoms with Gasteiger partial charge in [-0.2, -0.15) is 5.01 Å². The molecule has 172 valence electrons. The second-order valence-corrected chi connectivity index (χ2v) is 9.65. The summed E-state index contributed by atoms with van der Waals surface area (Å²) in [7, 11) is 0. The van der Waals surface area contributed by atoms with E-state index in [1.54, 1.807) is 24.3 Å². The van der Waals surface area contributed by atoms with Gasteiger partial charge in [-0.25, -0.2) is 5.01 Å². The van der Waals surface area contributed by atoms with Gasteiger partial charge in [-0.3, -0.25) is 19.2 Å². The summed E-state index contributed by atoms with van der Waals surface area (Å²) in [5.74, 6) is -2.27. The van der Waals surface area contributed by atoms with Crippen LogP contribution >= 0.6 is 11.6 Å². The Bertz CT molecular complexity index is 1130. The van der Waals surface area contributed by atoms with Gasteiger partial charge in [0.2, 0.25) is 0 Å². The molecule has 2 aromatic carbocycles. The van der Waals surface area contributed by atoms with Crippen LogP contribution in [0.4, 0.5) is 0 Å². The van der Waals surface area contributed by atoms with Crippen LogP contribution < -0.4 is 0 Å². The molecule has 2 fully saturated rings. The van der Waals surface area contributed by atoms with E-state index < -0.39 is 36.1 Å². The molecule has 0 spiro atoms. The lowest BCUT2D eigenvalue weighted by Gasteiger charge is -2.30. The highest BCUT2D eigenvalue weighted by Gasteiger charge is 2.52. The zero-order chi connectivity index (χ0) is 23.9. The Balaban J connectivity index is 1.69. The number of imide groups is 1. The number of carbonyl (C=O) groups excluding carboxylic acids is 4. The summed E-state index contributed by atoms with van der Waals surface area (Å²) < 4.78 is 0. The third-order valence-corrected chi connectivity index (χ3v) is 7.11. The number of amides is 3. The van der Waals surface area contributed by atoms with Crippen LogP contribution in [0, 0.1) is 31.6 Å². The Hall–Kier alpha value is -2.99. The number of hydrogen-bond acceptors (Lipinski definition) is 4. The summed E-state index contributed by atoms with van der Waals surface area (Å²) in [6, 6.07) is 11.5. The summed E-state index contributed by atoms with van der Waals surface area (Å²) >= 11 is 5.96. The van der Waals surface area contributed by atoms with Gasteiger partial charge in [-0.05, 0) is 80.5 Å². The average Bonchev–Trinajstić information content (AvgIpc) is 3.03. The summed E-state index contributed by atoms with van der Waals surface area (Å²) in [5, 5.41) is 2.41. The lowest BCUT2D eigenvalue weighted by atomic mass is 9.76. The third kappa shape index (κ3) is 4.44. The Morgan fingerprint density at radius 1 is 0.939 bits per heavy atom. The molecule has 33 heavy (non-hydrogen) atoms. The molecule has 0 aromatic heterocycles. The number of hydrazine groups is 1. The van der Waals surface area contributed by atoms with Crippen LogP contribution in [0.5, 0.6) is 0 Å². The van der Waals surface area contributed by atoms with E-state index in [9.17, 15) is 19.2 Å². The number of hydrogen-bond donors (Lipinski definition) is 0. The van der Waals surface area contributed by atoms with Gasteiger partial charge in [0.1, 0.15) is 6.54 Å². The predicted molar refractivity (Wildman–Crippen MR) is 125 cm³/mol. The Kier molecular flexibility index (Phi) is 6.39. The molecule has 1 aliphatic heterocycles. The number of aryl methyl sites for hydroxylation is 2. The van der Waals surface area contributed by atoms with Crippen molar-refractivity contribution in [3.05, 3.63) is 69.7 Å². The van der Waals surface area contributed by atoms with E-state index in [0.717, 1.165) is 27.6 Å². The zero-order valence-corrected chi connectivity index (χ0v) is 19.8. The van der Waals surface area contributed by atoms with E-state index in [4.69, 9.17) is 11.6 Å². The van der Waals surface area contributed by atoms with E-state index in [1.807, 2.05) is 19.9 Å². The van der Waals surface area contributed by atoms with E-state index in [2.05, 4.69) is 6.92 Å². The highest BCUT2D eigenvalue weighted by molar-refractivity contribution is 6.30. The van der Waals surface area contributed by atoms with Crippen LogP contribution in [0.25, 0.3) is 0 Å². The first kappa shape index (κ1) is 23.2. The van der Waals surface area contributed by atoms with E-state index >= 15 is 0 Å². The molecule has 0 N–H and O–H groups in total. The number of halogens is 1. The van der Waals surface area contributed by atoms with Crippen molar-refractivity contribution in [1.29, 1.82) is 0 Å². The Labute approximate surface area is 198 Å². The van der Waals surface area contributed by atoms with E-state index in [-0.39, 0.29) is 11.3 Å². The maximum Gasteiger partial charge on any atom is 0.273 e. The molecule has 3 atom stereocenters. The average molecular weight is 467 g/mol. The van der Waals surface area contributed by atoms with Crippen LogP contribution in [0.2, 0.25) is 5.02 Å². The van der Waals surface area contributed by atoms with Gasteiger partial charge in [0.25, 0.3) is 17.7 Å². The minimum absolute atomic E-state index is 0.246. The normalized spacial score (nSPS) is 22.3. The van der Waals surface area contributed by atoms with Gasteiger partial charge >= 0.3 is 0 Å². The molecule has 2 aromatic rings. The molecular weight excluding hydrogens is 440 g/mol. The second kappa shape index (κ2) is 9.10. The van der Waals surface area contributed by atoms with Crippen LogP contribution in [0.1, 0.15) is 58.0 Å². The van der Waals surface area contributed by atoms with Crippen LogP contribution in [0.15, 0.2) is 42.5 Å². The predicted octanol–water partition coefficient (Wildman–Crippen LogP) is 4.62. The summed E-state index contributed by atoms with van der Waals surface area (Å²) in [4.78, 5) is 53.3. The first-order chi connectivity index (χ1) is 15.7. The van der Waals surface area contributed by atoms with Gasteiger partial charge < -0.3 is 0 Å². The minimum atomic E-state index is -0.586. The first-order valence-electron chi connectivity index (χ1n) is 11.2. The van der Waals surface area contributed by atoms with Gasteiger partial charge in [-0.15, -0.1) is 0 Å². The quantitative estimate of drug-likeness (QED) is 0.476. The minimum Gasteiger partial charge on any atom is -0.292 e. The van der Waals surface area contributed by atoms with E-state index in [1.165, 1.54) is 12.1 Å². The van der Waals surface area contributed by atoms with Crippen LogP contribution in [-0.4, -0.2) is 40.1 Å². The fraction of sp³-hybridized carbons (Fsp3) is 0.385. The number of benzene rings is 2. The number of fused-ring (bicyclic) bond motifs is 1. The molecule has 1 saturated heterocycles. The molecule has 4 rings (SSSR count). The lowest BCUT2D eigenvalue weighted by molar-refractivity contribution is -0.154. The molecule has 1 heterocycles. The maximum atomic E-state index is 13.5. The molecule has 6 nitrogen and oxygen atoms in total. The molecule has 0 unspecified atom stereocenters. The number of ketones is 1. The molecular formula is C26H27ClN2O4. The topological polar surface area (TPSA) is 74.8 Å². The van der Waals surface area contributed by atoms with E-state index in [0.29, 0.717) is 29.3 Å². The van der Waals surface area contributed by atoms with Crippen molar-refractivity contribution < 1.29 is 19.2 Å². The number of nitrogens with zero attached hydrogens (tertiary/aromatic N) is 2. The van der Waals surface area contributed by atoms with Crippen molar-refractivity contribution in [3.8, 4) is 0 Å². The first-order valence-corrected chi connectivity index (χ1v) is 11.6. The second-order valence-electron chi connectivity index (χ2n) is 9.21. The summed E-state index contributed by atoms with van der Waals surface area (Å²) in [6.45, 7) is 5.51. The van der Waals surface area contributed by atoms with Crippen molar-refractivity contribution in [2.45, 2.75) is 40.0 Å². The monoisotopic (exact) mass is 466 g/mol. The lowest BCUT2D eigenvalue weighted by Crippen LogP contribution is -2.52. The van der Waals surface area contributed by atoms with Crippen LogP contribution in [0.3, 0.4) is 0 Å². The van der Waals surface area contributed by atoms with Gasteiger partial charge in [0.15, 0.2) is 5.78 Å². The molecule has 7 heteroatoms. The fourth-order valence-corrected chi connectivity index (χ4v) is 4.85. The fourth-order valence-electron chi connectivity index (χ4n) is 4.73. The molecule has 0 bridgehead atoms. The van der Waals surface area contributed by atoms with Crippen molar-refractivity contribution in [3.63, 3.8) is 0 Å². The van der Waals surface area contributed by atoms with Crippen molar-refractivity contribution in [2.75, 3.05) is 6.54 Å². The molecule has 0 radical (unpaired) electrons. The summed E-state index contributed by atoms with van der Waals surface area (Å²) in [6.07, 6.45) is 2.08. The number of Topliss-reactive ketones (excluding diaryl/α,β-unsaturated/α-hetero) is 1. The van der Waals surface area contributed by atoms with Gasteiger partial charge in [0, 0.05) is 16.1 Å². The highest BCUT2D eigenvalue weighted by atomic mass is 35.5. The number of carbonyl (C=O) groups is 4. The molecule has 1 aliphatic carbocycles. The Morgan fingerprint density at radius 2 is 1.58 bits per heavy atom. The largest absolute Gasteiger partial charge is 0.292 e. The SMILES string of the molecule is Cc1ccc(C(=O)CN(C(=O)c2ccc(Cl)cc2)N2C(=O)[C@@H]3CC[C@@H](C)C[C@H]3C2=O)cc1C. The highest BCUT2D eigenvalue weighted by Crippen LogP contribution is 2.41. The van der Waals surface area contributed by atoms with Gasteiger partial charge in [0.05, 0.1) is 11.8 Å². The smallest absolute Gasteiger partial charge is 0.273 e. The van der Waals surface area contributed by atoms with Crippen molar-refractivity contribution in [2.24, 2.45) is 17.8 Å². The Morgan fingerprint density at radius 3 is 2.24 bits per heavy atom. The molecule has 3 amide bonds. The van der Waals surface area contributed by atoms with Crippen LogP contribution in [-0.2, 0) is 9.59 Å². The molecule has 1 saturated carbocycles. The maximum absolute atomic E-state index is 13.5. The van der Waals surface area contributed by atoms with Gasteiger partial charge in [-0.1, -0.05) is 30.7 Å². The number of rotatable bonds is 5. The zero-order valence-electron chi connectivity index (χ0n) is 19.0. The van der Waals surface area contributed by atoms with Crippen molar-refractivity contribution >= 4 is 35.1 Å². The standard InChI is InChI=1S/C26H27ClN2O4/c1-15-4-11-21-22(12-15)26(33)29(25(21)32)28(24(31)18-7-9-20(27)10-8-18)14-23(30)19-6-5-16(2)17(3)13-19/h5-10,13,15,21-22H,4,11-12,14H2,1-3H3/t15-,21-,22-/m1/s1. The third-order valence-electron chi connectivity index (χ3n) is 6.85.